The zero-order valence-electron chi connectivity index (χ0n) is 14.9. The summed E-state index contributed by atoms with van der Waals surface area (Å²) in [5, 5.41) is 3.50. The quantitative estimate of drug-likeness (QED) is 0.902. The number of amides is 1. The lowest BCUT2D eigenvalue weighted by molar-refractivity contribution is 0.0240. The number of hydrogen-bond donors (Lipinski definition) is 1. The minimum atomic E-state index is -0.445. The number of carbonyl (C=O) groups excluding carboxylic acids is 1. The van der Waals surface area contributed by atoms with Gasteiger partial charge in [-0.15, -0.1) is 0 Å². The Hall–Kier alpha value is -1.82. The maximum Gasteiger partial charge on any atom is 0.410 e. The van der Waals surface area contributed by atoms with Crippen molar-refractivity contribution in [2.75, 3.05) is 37.6 Å². The Bertz CT molecular complexity index is 553. The second kappa shape index (κ2) is 6.97. The first-order chi connectivity index (χ1) is 11.4. The van der Waals surface area contributed by atoms with E-state index in [1.54, 1.807) is 4.90 Å². The number of aromatic nitrogens is 1. The molecular formula is C18H28N4O2. The molecule has 1 unspecified atom stereocenters. The van der Waals surface area contributed by atoms with E-state index in [0.717, 1.165) is 25.5 Å². The Morgan fingerprint density at radius 3 is 2.54 bits per heavy atom. The van der Waals surface area contributed by atoms with E-state index in [-0.39, 0.29) is 6.09 Å². The van der Waals surface area contributed by atoms with E-state index in [1.165, 1.54) is 18.4 Å². The number of nitrogens with one attached hydrogen (secondary N) is 1. The van der Waals surface area contributed by atoms with Crippen LogP contribution >= 0.6 is 0 Å². The van der Waals surface area contributed by atoms with E-state index in [2.05, 4.69) is 27.3 Å². The van der Waals surface area contributed by atoms with E-state index < -0.39 is 5.60 Å². The zero-order chi connectivity index (χ0) is 17.2. The molecule has 2 saturated heterocycles. The maximum atomic E-state index is 12.1. The molecule has 1 aromatic rings. The van der Waals surface area contributed by atoms with Gasteiger partial charge in [-0.25, -0.2) is 9.78 Å². The van der Waals surface area contributed by atoms with Crippen LogP contribution in [0.5, 0.6) is 0 Å². The Morgan fingerprint density at radius 2 is 2.00 bits per heavy atom. The predicted octanol–water partition coefficient (Wildman–Crippen LogP) is 2.56. The molecule has 132 valence electrons. The van der Waals surface area contributed by atoms with Crippen molar-refractivity contribution in [3.05, 3.63) is 23.9 Å². The van der Waals surface area contributed by atoms with Gasteiger partial charge in [-0.2, -0.15) is 0 Å². The number of ether oxygens (including phenoxy) is 1. The molecule has 6 nitrogen and oxygen atoms in total. The first kappa shape index (κ1) is 17.0. The molecule has 2 fully saturated rings. The number of pyridine rings is 1. The molecule has 2 aliphatic heterocycles. The van der Waals surface area contributed by atoms with E-state index in [0.29, 0.717) is 19.1 Å². The van der Waals surface area contributed by atoms with Crippen molar-refractivity contribution in [2.45, 2.75) is 45.3 Å². The van der Waals surface area contributed by atoms with Crippen LogP contribution in [0.4, 0.5) is 10.6 Å². The summed E-state index contributed by atoms with van der Waals surface area (Å²) in [6.07, 6.45) is 4.19. The molecule has 0 radical (unpaired) electrons. The molecule has 0 aromatic carbocycles. The van der Waals surface area contributed by atoms with Crippen molar-refractivity contribution in [1.29, 1.82) is 0 Å². The monoisotopic (exact) mass is 332 g/mol. The molecule has 0 aliphatic carbocycles. The summed E-state index contributed by atoms with van der Waals surface area (Å²) < 4.78 is 5.44. The highest BCUT2D eigenvalue weighted by Gasteiger charge is 2.26. The minimum absolute atomic E-state index is 0.224. The Labute approximate surface area is 144 Å². The van der Waals surface area contributed by atoms with Crippen molar-refractivity contribution < 1.29 is 9.53 Å². The molecule has 0 bridgehead atoms. The fourth-order valence-electron chi connectivity index (χ4n) is 3.20. The largest absolute Gasteiger partial charge is 0.444 e. The van der Waals surface area contributed by atoms with Gasteiger partial charge >= 0.3 is 6.09 Å². The normalized spacial score (nSPS) is 21.9. The lowest BCUT2D eigenvalue weighted by Crippen LogP contribution is -2.50. The predicted molar refractivity (Wildman–Crippen MR) is 94.2 cm³/mol. The number of anilines is 1. The van der Waals surface area contributed by atoms with Crippen molar-refractivity contribution in [2.24, 2.45) is 0 Å². The third kappa shape index (κ3) is 4.17. The maximum absolute atomic E-state index is 12.1. The minimum Gasteiger partial charge on any atom is -0.444 e. The Morgan fingerprint density at radius 1 is 1.25 bits per heavy atom. The zero-order valence-corrected chi connectivity index (χ0v) is 14.9. The Kier molecular flexibility index (Phi) is 4.94. The first-order valence-corrected chi connectivity index (χ1v) is 8.84. The smallest absolute Gasteiger partial charge is 0.410 e. The molecule has 6 heteroatoms. The highest BCUT2D eigenvalue weighted by Crippen LogP contribution is 2.24. The SMILES string of the molecule is CC(C)(C)OC(=O)N1CCN(c2ccc(C3CCCN3)cn2)CC1. The molecular weight excluding hydrogens is 304 g/mol. The molecule has 1 N–H and O–H groups in total. The number of piperazine rings is 1. The van der Waals surface area contributed by atoms with Crippen LogP contribution in [0, 0.1) is 0 Å². The molecule has 2 aliphatic rings. The van der Waals surface area contributed by atoms with Crippen LogP contribution in [0.15, 0.2) is 18.3 Å². The summed E-state index contributed by atoms with van der Waals surface area (Å²) >= 11 is 0. The summed E-state index contributed by atoms with van der Waals surface area (Å²) in [7, 11) is 0. The molecule has 1 atom stereocenters. The summed E-state index contributed by atoms with van der Waals surface area (Å²) in [4.78, 5) is 20.7. The van der Waals surface area contributed by atoms with Crippen LogP contribution in [0.1, 0.15) is 45.2 Å². The Balaban J connectivity index is 1.53. The first-order valence-electron chi connectivity index (χ1n) is 8.84. The number of nitrogens with zero attached hydrogens (tertiary/aromatic N) is 3. The van der Waals surface area contributed by atoms with Gasteiger partial charge in [-0.05, 0) is 51.8 Å². The van der Waals surface area contributed by atoms with E-state index in [4.69, 9.17) is 4.74 Å². The third-order valence-electron chi connectivity index (χ3n) is 4.49. The molecule has 3 rings (SSSR count). The molecule has 1 aromatic heterocycles. The van der Waals surface area contributed by atoms with Gasteiger partial charge in [0.15, 0.2) is 0 Å². The summed E-state index contributed by atoms with van der Waals surface area (Å²) in [5.74, 6) is 0.987. The van der Waals surface area contributed by atoms with E-state index in [1.807, 2.05) is 27.0 Å². The average molecular weight is 332 g/mol. The fraction of sp³-hybridized carbons (Fsp3) is 0.667. The van der Waals surface area contributed by atoms with Crippen molar-refractivity contribution in [3.8, 4) is 0 Å². The summed E-state index contributed by atoms with van der Waals surface area (Å²) in [6, 6.07) is 4.72. The van der Waals surface area contributed by atoms with Gasteiger partial charge in [0.25, 0.3) is 0 Å². The molecule has 0 spiro atoms. The topological polar surface area (TPSA) is 57.7 Å². The second-order valence-electron chi connectivity index (χ2n) is 7.55. The van der Waals surface area contributed by atoms with Gasteiger partial charge in [0, 0.05) is 38.4 Å². The van der Waals surface area contributed by atoms with Gasteiger partial charge < -0.3 is 19.9 Å². The number of hydrogen-bond acceptors (Lipinski definition) is 5. The lowest BCUT2D eigenvalue weighted by atomic mass is 10.1. The molecule has 0 saturated carbocycles. The van der Waals surface area contributed by atoms with Crippen molar-refractivity contribution in [3.63, 3.8) is 0 Å². The summed E-state index contributed by atoms with van der Waals surface area (Å²) in [6.45, 7) is 9.69. The highest BCUT2D eigenvalue weighted by molar-refractivity contribution is 5.68. The van der Waals surface area contributed by atoms with Crippen molar-refractivity contribution in [1.82, 2.24) is 15.2 Å². The number of rotatable bonds is 2. The number of carbonyl (C=O) groups is 1. The molecule has 1 amide bonds. The fourth-order valence-corrected chi connectivity index (χ4v) is 3.20. The van der Waals surface area contributed by atoms with Gasteiger partial charge in [-0.3, -0.25) is 0 Å². The average Bonchev–Trinajstić information content (AvgIpc) is 3.08. The lowest BCUT2D eigenvalue weighted by Gasteiger charge is -2.36. The highest BCUT2D eigenvalue weighted by atomic mass is 16.6. The van der Waals surface area contributed by atoms with Gasteiger partial charge in [0.05, 0.1) is 0 Å². The van der Waals surface area contributed by atoms with Crippen LogP contribution in [-0.2, 0) is 4.74 Å². The van der Waals surface area contributed by atoms with E-state index in [9.17, 15) is 4.79 Å². The van der Waals surface area contributed by atoms with Crippen LogP contribution < -0.4 is 10.2 Å². The summed E-state index contributed by atoms with van der Waals surface area (Å²) in [5.41, 5.74) is 0.823. The van der Waals surface area contributed by atoms with E-state index >= 15 is 0 Å². The molecule has 24 heavy (non-hydrogen) atoms. The third-order valence-corrected chi connectivity index (χ3v) is 4.49. The van der Waals surface area contributed by atoms with Gasteiger partial charge in [0.1, 0.15) is 11.4 Å². The van der Waals surface area contributed by atoms with Crippen LogP contribution in [-0.4, -0.2) is 54.3 Å². The van der Waals surface area contributed by atoms with Crippen LogP contribution in [0.2, 0.25) is 0 Å². The van der Waals surface area contributed by atoms with Crippen LogP contribution in [0.25, 0.3) is 0 Å². The van der Waals surface area contributed by atoms with Crippen molar-refractivity contribution >= 4 is 11.9 Å². The van der Waals surface area contributed by atoms with Crippen LogP contribution in [0.3, 0.4) is 0 Å². The van der Waals surface area contributed by atoms with Gasteiger partial charge in [-0.1, -0.05) is 6.07 Å². The second-order valence-corrected chi connectivity index (χ2v) is 7.55. The van der Waals surface area contributed by atoms with Gasteiger partial charge in [0.2, 0.25) is 0 Å². The standard InChI is InChI=1S/C18H28N4O2/c1-18(2,3)24-17(23)22-11-9-21(10-12-22)16-7-6-14(13-20-16)15-5-4-8-19-15/h6-7,13,15,19H,4-5,8-12H2,1-3H3. The molecule has 3 heterocycles.